The van der Waals surface area contributed by atoms with E-state index in [1.807, 2.05) is 25.1 Å². The third kappa shape index (κ3) is 2.36. The predicted molar refractivity (Wildman–Crippen MR) is 52.1 cm³/mol. The monoisotopic (exact) mass is 181 g/mol. The normalized spacial score (nSPS) is 9.77. The van der Waals surface area contributed by atoms with Crippen LogP contribution in [0.1, 0.15) is 12.5 Å². The van der Waals surface area contributed by atoms with E-state index in [-0.39, 0.29) is 0 Å². The Labute approximate surface area is 78.5 Å². The van der Waals surface area contributed by atoms with Crippen molar-refractivity contribution in [1.82, 2.24) is 0 Å². The fourth-order valence-corrected chi connectivity index (χ4v) is 1.15. The molecular weight excluding hydrogens is 166 g/mol. The van der Waals surface area contributed by atoms with Crippen molar-refractivity contribution in [2.24, 2.45) is 5.73 Å². The second kappa shape index (κ2) is 4.72. The van der Waals surface area contributed by atoms with Gasteiger partial charge in [-0.05, 0) is 13.0 Å². The van der Waals surface area contributed by atoms with Gasteiger partial charge in [0.1, 0.15) is 11.5 Å². The van der Waals surface area contributed by atoms with Crippen molar-refractivity contribution in [2.75, 3.05) is 13.7 Å². The van der Waals surface area contributed by atoms with Crippen LogP contribution in [-0.2, 0) is 6.54 Å². The van der Waals surface area contributed by atoms with E-state index < -0.39 is 0 Å². The number of rotatable bonds is 4. The molecule has 0 aromatic heterocycles. The quantitative estimate of drug-likeness (QED) is 0.766. The molecule has 0 spiro atoms. The van der Waals surface area contributed by atoms with E-state index in [9.17, 15) is 0 Å². The summed E-state index contributed by atoms with van der Waals surface area (Å²) in [5.74, 6) is 1.60. The highest BCUT2D eigenvalue weighted by Crippen LogP contribution is 2.24. The van der Waals surface area contributed by atoms with Crippen LogP contribution >= 0.6 is 0 Å². The van der Waals surface area contributed by atoms with Gasteiger partial charge in [-0.25, -0.2) is 0 Å². The third-order valence-electron chi connectivity index (χ3n) is 1.79. The Hall–Kier alpha value is -1.22. The van der Waals surface area contributed by atoms with E-state index in [0.29, 0.717) is 13.2 Å². The summed E-state index contributed by atoms with van der Waals surface area (Å²) in [6.07, 6.45) is 0. The molecule has 0 bridgehead atoms. The van der Waals surface area contributed by atoms with Crippen LogP contribution in [0.5, 0.6) is 11.5 Å². The van der Waals surface area contributed by atoms with Crippen LogP contribution in [0.4, 0.5) is 0 Å². The number of methoxy groups -OCH3 is 1. The number of ether oxygens (including phenoxy) is 2. The average molecular weight is 181 g/mol. The minimum absolute atomic E-state index is 0.482. The standard InChI is InChI=1S/C10H15NO2/c1-3-13-9-5-4-8(7-11)10(6-9)12-2/h4-6H,3,7,11H2,1-2H3. The molecule has 0 aliphatic rings. The first-order chi connectivity index (χ1) is 6.31. The summed E-state index contributed by atoms with van der Waals surface area (Å²) in [4.78, 5) is 0. The summed E-state index contributed by atoms with van der Waals surface area (Å²) >= 11 is 0. The largest absolute Gasteiger partial charge is 0.496 e. The van der Waals surface area contributed by atoms with Gasteiger partial charge in [0.2, 0.25) is 0 Å². The molecule has 0 radical (unpaired) electrons. The van der Waals surface area contributed by atoms with Crippen LogP contribution in [-0.4, -0.2) is 13.7 Å². The van der Waals surface area contributed by atoms with Gasteiger partial charge in [-0.3, -0.25) is 0 Å². The van der Waals surface area contributed by atoms with E-state index in [1.165, 1.54) is 0 Å². The smallest absolute Gasteiger partial charge is 0.127 e. The Morgan fingerprint density at radius 3 is 2.69 bits per heavy atom. The number of nitrogens with two attached hydrogens (primary N) is 1. The highest BCUT2D eigenvalue weighted by atomic mass is 16.5. The van der Waals surface area contributed by atoms with Gasteiger partial charge < -0.3 is 15.2 Å². The molecule has 0 aliphatic carbocycles. The first-order valence-electron chi connectivity index (χ1n) is 4.31. The lowest BCUT2D eigenvalue weighted by molar-refractivity contribution is 0.335. The first-order valence-corrected chi connectivity index (χ1v) is 4.31. The molecule has 0 unspecified atom stereocenters. The van der Waals surface area contributed by atoms with Crippen LogP contribution in [0.25, 0.3) is 0 Å². The van der Waals surface area contributed by atoms with Crippen LogP contribution in [0.15, 0.2) is 18.2 Å². The Morgan fingerprint density at radius 2 is 2.15 bits per heavy atom. The van der Waals surface area contributed by atoms with Gasteiger partial charge in [0.15, 0.2) is 0 Å². The summed E-state index contributed by atoms with van der Waals surface area (Å²) in [5, 5.41) is 0. The van der Waals surface area contributed by atoms with E-state index in [1.54, 1.807) is 7.11 Å². The van der Waals surface area contributed by atoms with Crippen molar-refractivity contribution in [2.45, 2.75) is 13.5 Å². The summed E-state index contributed by atoms with van der Waals surface area (Å²) in [6.45, 7) is 3.09. The maximum absolute atomic E-state index is 5.53. The van der Waals surface area contributed by atoms with Gasteiger partial charge in [0.25, 0.3) is 0 Å². The Bertz CT molecular complexity index is 274. The summed E-state index contributed by atoms with van der Waals surface area (Å²) in [6, 6.07) is 5.67. The minimum Gasteiger partial charge on any atom is -0.496 e. The minimum atomic E-state index is 0.482. The van der Waals surface area contributed by atoms with E-state index in [2.05, 4.69) is 0 Å². The second-order valence-electron chi connectivity index (χ2n) is 2.61. The molecule has 2 N–H and O–H groups in total. The summed E-state index contributed by atoms with van der Waals surface area (Å²) < 4.78 is 10.5. The zero-order chi connectivity index (χ0) is 9.68. The van der Waals surface area contributed by atoms with E-state index >= 15 is 0 Å². The maximum atomic E-state index is 5.53. The summed E-state index contributed by atoms with van der Waals surface area (Å²) in [7, 11) is 1.63. The Kier molecular flexibility index (Phi) is 3.58. The SMILES string of the molecule is CCOc1ccc(CN)c(OC)c1. The topological polar surface area (TPSA) is 44.5 Å². The molecule has 0 fully saturated rings. The van der Waals surface area contributed by atoms with Crippen molar-refractivity contribution < 1.29 is 9.47 Å². The van der Waals surface area contributed by atoms with Gasteiger partial charge in [-0.1, -0.05) is 6.07 Å². The van der Waals surface area contributed by atoms with Gasteiger partial charge >= 0.3 is 0 Å². The van der Waals surface area contributed by atoms with Crippen LogP contribution in [0.2, 0.25) is 0 Å². The van der Waals surface area contributed by atoms with Gasteiger partial charge in [-0.2, -0.15) is 0 Å². The second-order valence-corrected chi connectivity index (χ2v) is 2.61. The van der Waals surface area contributed by atoms with Crippen molar-refractivity contribution >= 4 is 0 Å². The molecule has 1 aromatic carbocycles. The maximum Gasteiger partial charge on any atom is 0.127 e. The van der Waals surface area contributed by atoms with Gasteiger partial charge in [-0.15, -0.1) is 0 Å². The lowest BCUT2D eigenvalue weighted by atomic mass is 10.2. The highest BCUT2D eigenvalue weighted by molar-refractivity contribution is 5.40. The van der Waals surface area contributed by atoms with Crippen LogP contribution in [0.3, 0.4) is 0 Å². The Balaban J connectivity index is 2.91. The zero-order valence-electron chi connectivity index (χ0n) is 8.04. The molecule has 72 valence electrons. The lowest BCUT2D eigenvalue weighted by Crippen LogP contribution is -2.00. The molecule has 13 heavy (non-hydrogen) atoms. The fraction of sp³-hybridized carbons (Fsp3) is 0.400. The highest BCUT2D eigenvalue weighted by Gasteiger charge is 2.02. The number of hydrogen-bond donors (Lipinski definition) is 1. The van der Waals surface area contributed by atoms with Gasteiger partial charge in [0, 0.05) is 18.2 Å². The predicted octanol–water partition coefficient (Wildman–Crippen LogP) is 1.55. The first kappa shape index (κ1) is 9.86. The Morgan fingerprint density at radius 1 is 1.38 bits per heavy atom. The number of benzene rings is 1. The molecule has 1 rings (SSSR count). The fourth-order valence-electron chi connectivity index (χ4n) is 1.15. The van der Waals surface area contributed by atoms with E-state index in [0.717, 1.165) is 17.1 Å². The molecular formula is C10H15NO2. The molecule has 1 aromatic rings. The van der Waals surface area contributed by atoms with Crippen molar-refractivity contribution in [3.8, 4) is 11.5 Å². The zero-order valence-corrected chi connectivity index (χ0v) is 8.04. The summed E-state index contributed by atoms with van der Waals surface area (Å²) in [5.41, 5.74) is 6.52. The van der Waals surface area contributed by atoms with Crippen molar-refractivity contribution in [1.29, 1.82) is 0 Å². The van der Waals surface area contributed by atoms with Crippen molar-refractivity contribution in [3.63, 3.8) is 0 Å². The molecule has 0 saturated heterocycles. The van der Waals surface area contributed by atoms with Crippen molar-refractivity contribution in [3.05, 3.63) is 23.8 Å². The average Bonchev–Trinajstić information content (AvgIpc) is 2.18. The van der Waals surface area contributed by atoms with Gasteiger partial charge in [0.05, 0.1) is 13.7 Å². The van der Waals surface area contributed by atoms with E-state index in [4.69, 9.17) is 15.2 Å². The molecule has 3 heteroatoms. The van der Waals surface area contributed by atoms with Crippen LogP contribution < -0.4 is 15.2 Å². The number of hydrogen-bond acceptors (Lipinski definition) is 3. The van der Waals surface area contributed by atoms with Crippen LogP contribution in [0, 0.1) is 0 Å². The third-order valence-corrected chi connectivity index (χ3v) is 1.79. The lowest BCUT2D eigenvalue weighted by Gasteiger charge is -2.09. The molecule has 3 nitrogen and oxygen atoms in total. The molecule has 0 atom stereocenters. The molecule has 0 aliphatic heterocycles. The molecule has 0 amide bonds. The molecule has 0 saturated carbocycles. The molecule has 0 heterocycles.